The van der Waals surface area contributed by atoms with Gasteiger partial charge in [0.05, 0.1) is 36.9 Å². The van der Waals surface area contributed by atoms with Crippen molar-refractivity contribution in [2.24, 2.45) is 35.5 Å². The van der Waals surface area contributed by atoms with Gasteiger partial charge in [-0.1, -0.05) is 31.4 Å². The van der Waals surface area contributed by atoms with Gasteiger partial charge in [0.2, 0.25) is 0 Å². The normalized spacial score (nSPS) is 49.0. The minimum absolute atomic E-state index is 0.0900. The number of fused-ring (bicyclic) bond motifs is 3. The van der Waals surface area contributed by atoms with Crippen molar-refractivity contribution in [3.05, 3.63) is 12.2 Å². The molecule has 0 aromatic carbocycles. The van der Waals surface area contributed by atoms with Crippen molar-refractivity contribution in [3.8, 4) is 6.07 Å². The molecule has 0 radical (unpaired) electrons. The maximum absolute atomic E-state index is 14.2. The fourth-order valence-corrected chi connectivity index (χ4v) is 9.18. The molecule has 35 heavy (non-hydrogen) atoms. The molecule has 2 aliphatic heterocycles. The van der Waals surface area contributed by atoms with Gasteiger partial charge in [0.15, 0.2) is 0 Å². The number of halogens is 1. The summed E-state index contributed by atoms with van der Waals surface area (Å²) >= 11 is 0. The molecule has 0 spiro atoms. The Morgan fingerprint density at radius 2 is 1.57 bits per heavy atom. The first-order valence-electron chi connectivity index (χ1n) is 14.9. The molecule has 0 bridgehead atoms. The summed E-state index contributed by atoms with van der Waals surface area (Å²) in [5.74, 6) is 2.52. The van der Waals surface area contributed by atoms with Crippen molar-refractivity contribution in [2.75, 3.05) is 26.3 Å². The molecule has 5 heteroatoms. The van der Waals surface area contributed by atoms with Crippen LogP contribution in [-0.4, -0.2) is 55.1 Å². The van der Waals surface area contributed by atoms with Gasteiger partial charge in [-0.3, -0.25) is 4.90 Å². The largest absolute Gasteiger partial charge is 0.379 e. The van der Waals surface area contributed by atoms with Gasteiger partial charge in [-0.05, 0) is 87.9 Å². The minimum Gasteiger partial charge on any atom is -0.379 e. The molecule has 4 nitrogen and oxygen atoms in total. The zero-order chi connectivity index (χ0) is 23.8. The summed E-state index contributed by atoms with van der Waals surface area (Å²) in [6, 6.07) is 3.35. The second-order valence-corrected chi connectivity index (χ2v) is 12.7. The van der Waals surface area contributed by atoms with Gasteiger partial charge in [-0.15, -0.1) is 0 Å². The smallest absolute Gasteiger partial charge is 0.100 e. The predicted molar refractivity (Wildman–Crippen MR) is 134 cm³/mol. The summed E-state index contributed by atoms with van der Waals surface area (Å²) in [4.78, 5) is 2.65. The number of alkyl halides is 1. The molecule has 1 saturated heterocycles. The number of nitriles is 1. The molecule has 5 fully saturated rings. The maximum Gasteiger partial charge on any atom is 0.100 e. The van der Waals surface area contributed by atoms with E-state index in [1.165, 1.54) is 51.4 Å². The molecule has 4 saturated carbocycles. The van der Waals surface area contributed by atoms with Crippen LogP contribution in [0.2, 0.25) is 0 Å². The molecule has 6 atom stereocenters. The van der Waals surface area contributed by atoms with E-state index in [9.17, 15) is 9.65 Å². The zero-order valence-corrected chi connectivity index (χ0v) is 21.5. The molecule has 2 heterocycles. The summed E-state index contributed by atoms with van der Waals surface area (Å²) in [6.45, 7) is 3.88. The first-order chi connectivity index (χ1) is 17.2. The molecule has 6 rings (SSSR count). The fourth-order valence-electron chi connectivity index (χ4n) is 9.18. The quantitative estimate of drug-likeness (QED) is 0.457. The molecule has 0 aromatic heterocycles. The highest BCUT2D eigenvalue weighted by Gasteiger charge is 2.55. The molecule has 4 aliphatic carbocycles. The van der Waals surface area contributed by atoms with E-state index in [0.29, 0.717) is 42.6 Å². The van der Waals surface area contributed by atoms with Crippen LogP contribution < -0.4 is 0 Å². The number of hydrogen-bond donors (Lipinski definition) is 0. The van der Waals surface area contributed by atoms with Crippen molar-refractivity contribution in [1.29, 1.82) is 5.26 Å². The molecular formula is C30H45FN2O2. The molecular weight excluding hydrogens is 439 g/mol. The van der Waals surface area contributed by atoms with E-state index in [-0.39, 0.29) is 23.5 Å². The van der Waals surface area contributed by atoms with E-state index in [1.807, 2.05) is 0 Å². The van der Waals surface area contributed by atoms with Crippen molar-refractivity contribution < 1.29 is 13.9 Å². The van der Waals surface area contributed by atoms with E-state index in [1.54, 1.807) is 0 Å². The highest BCUT2D eigenvalue weighted by atomic mass is 19.1. The lowest BCUT2D eigenvalue weighted by Gasteiger charge is -2.57. The Morgan fingerprint density at radius 3 is 2.29 bits per heavy atom. The summed E-state index contributed by atoms with van der Waals surface area (Å²) in [7, 11) is 0. The Hall–Kier alpha value is -0.960. The number of nitrogens with zero attached hydrogens (tertiary/aromatic N) is 2. The van der Waals surface area contributed by atoms with Crippen LogP contribution in [0.5, 0.6) is 0 Å². The van der Waals surface area contributed by atoms with E-state index in [4.69, 9.17) is 9.47 Å². The van der Waals surface area contributed by atoms with Crippen molar-refractivity contribution in [2.45, 2.75) is 107 Å². The average Bonchev–Trinajstić information content (AvgIpc) is 2.93. The topological polar surface area (TPSA) is 45.5 Å². The van der Waals surface area contributed by atoms with Crippen LogP contribution in [0.1, 0.15) is 83.5 Å². The van der Waals surface area contributed by atoms with Crippen LogP contribution in [0.25, 0.3) is 0 Å². The van der Waals surface area contributed by atoms with Gasteiger partial charge in [-0.2, -0.15) is 5.26 Å². The summed E-state index contributed by atoms with van der Waals surface area (Å²) in [6.07, 6.45) is 18.8. The highest BCUT2D eigenvalue weighted by Crippen LogP contribution is 2.55. The van der Waals surface area contributed by atoms with Gasteiger partial charge in [0.1, 0.15) is 6.17 Å². The molecule has 0 N–H and O–H groups in total. The van der Waals surface area contributed by atoms with E-state index in [0.717, 1.165) is 45.6 Å². The van der Waals surface area contributed by atoms with Crippen molar-refractivity contribution >= 4 is 0 Å². The molecule has 0 amide bonds. The van der Waals surface area contributed by atoms with Gasteiger partial charge >= 0.3 is 0 Å². The third-order valence-corrected chi connectivity index (χ3v) is 11.1. The van der Waals surface area contributed by atoms with Gasteiger partial charge < -0.3 is 9.47 Å². The van der Waals surface area contributed by atoms with Crippen molar-refractivity contribution in [1.82, 2.24) is 4.90 Å². The Balaban J connectivity index is 1.26. The van der Waals surface area contributed by atoms with Crippen molar-refractivity contribution in [3.63, 3.8) is 0 Å². The van der Waals surface area contributed by atoms with E-state index < -0.39 is 6.17 Å². The highest BCUT2D eigenvalue weighted by molar-refractivity contribution is 5.20. The fraction of sp³-hybridized carbons (Fsp3) is 0.900. The molecule has 6 aliphatic rings. The van der Waals surface area contributed by atoms with Crippen LogP contribution >= 0.6 is 0 Å². The van der Waals surface area contributed by atoms with Crippen LogP contribution in [0, 0.1) is 46.8 Å². The van der Waals surface area contributed by atoms with Crippen LogP contribution in [-0.2, 0) is 9.47 Å². The molecule has 0 aromatic rings. The number of morpholine rings is 1. The Kier molecular flexibility index (Phi) is 7.26. The van der Waals surface area contributed by atoms with Crippen LogP contribution in [0.15, 0.2) is 12.2 Å². The Morgan fingerprint density at radius 1 is 0.886 bits per heavy atom. The third kappa shape index (κ3) is 4.62. The summed E-state index contributed by atoms with van der Waals surface area (Å²) < 4.78 is 27.3. The monoisotopic (exact) mass is 484 g/mol. The summed E-state index contributed by atoms with van der Waals surface area (Å²) in [5, 5.41) is 10.0. The number of ether oxygens (including phenoxy) is 2. The average molecular weight is 485 g/mol. The molecule has 6 unspecified atom stereocenters. The second kappa shape index (κ2) is 10.4. The van der Waals surface area contributed by atoms with Gasteiger partial charge in [0.25, 0.3) is 0 Å². The minimum atomic E-state index is -0.638. The standard InChI is InChI=1S/C30H45FN2O2/c31-25-9-5-23(6-10-25)30(24-7-11-26(12-8-24)33-15-17-34-18-16-33)14-13-28-22(20-32)19-21-3-1-2-4-27(21)29(28)35-30/h13-14,21-29H,1-12,15-19H2. The first kappa shape index (κ1) is 24.4. The lowest BCUT2D eigenvalue weighted by atomic mass is 9.58. The molecule has 194 valence electrons. The zero-order valence-electron chi connectivity index (χ0n) is 21.5. The third-order valence-electron chi connectivity index (χ3n) is 11.1. The SMILES string of the molecule is N#CC1CC2CCCCC2C2OC(C3CCC(F)CC3)(C3CCC(N4CCOCC4)CC3)C=CC12. The predicted octanol–water partition coefficient (Wildman–Crippen LogP) is 6.07. The maximum atomic E-state index is 14.2. The van der Waals surface area contributed by atoms with Gasteiger partial charge in [0, 0.05) is 25.0 Å². The van der Waals surface area contributed by atoms with Gasteiger partial charge in [-0.25, -0.2) is 4.39 Å². The van der Waals surface area contributed by atoms with E-state index in [2.05, 4.69) is 23.1 Å². The Bertz CT molecular complexity index is 791. The van der Waals surface area contributed by atoms with Crippen LogP contribution in [0.4, 0.5) is 4.39 Å². The number of hydrogen-bond acceptors (Lipinski definition) is 4. The van der Waals surface area contributed by atoms with Crippen LogP contribution in [0.3, 0.4) is 0 Å². The Labute approximate surface area is 211 Å². The first-order valence-corrected chi connectivity index (χ1v) is 14.9. The van der Waals surface area contributed by atoms with E-state index >= 15 is 0 Å². The lowest BCUT2D eigenvalue weighted by Crippen LogP contribution is -2.58. The lowest BCUT2D eigenvalue weighted by molar-refractivity contribution is -0.204. The second-order valence-electron chi connectivity index (χ2n) is 12.7. The summed E-state index contributed by atoms with van der Waals surface area (Å²) in [5.41, 5.74) is -0.253. The number of rotatable bonds is 3.